The summed E-state index contributed by atoms with van der Waals surface area (Å²) in [6.45, 7) is 6.14. The zero-order valence-corrected chi connectivity index (χ0v) is 16.6. The van der Waals surface area contributed by atoms with E-state index < -0.39 is 10.0 Å². The summed E-state index contributed by atoms with van der Waals surface area (Å²) in [6.07, 6.45) is 0.130. The van der Waals surface area contributed by atoms with Gasteiger partial charge in [0, 0.05) is 24.9 Å². The van der Waals surface area contributed by atoms with Crippen molar-refractivity contribution in [2.45, 2.75) is 38.6 Å². The van der Waals surface area contributed by atoms with Crippen molar-refractivity contribution in [1.29, 1.82) is 0 Å². The van der Waals surface area contributed by atoms with E-state index in [0.717, 1.165) is 10.4 Å². The number of carbonyl (C=O) groups is 1. The normalized spacial score (nSPS) is 11.5. The second kappa shape index (κ2) is 8.12. The fraction of sp³-hybridized carbons (Fsp3) is 0.389. The lowest BCUT2D eigenvalue weighted by Crippen LogP contribution is -2.32. The van der Waals surface area contributed by atoms with E-state index in [2.05, 4.69) is 4.72 Å². The highest BCUT2D eigenvalue weighted by Gasteiger charge is 2.20. The minimum atomic E-state index is -3.63. The Morgan fingerprint density at radius 1 is 1.20 bits per heavy atom. The van der Waals surface area contributed by atoms with Crippen molar-refractivity contribution in [3.8, 4) is 0 Å². The van der Waals surface area contributed by atoms with Crippen LogP contribution in [0.3, 0.4) is 0 Å². The van der Waals surface area contributed by atoms with Crippen LogP contribution in [-0.4, -0.2) is 32.8 Å². The Hall–Kier alpha value is -1.70. The fourth-order valence-corrected chi connectivity index (χ4v) is 5.11. The van der Waals surface area contributed by atoms with E-state index in [1.165, 1.54) is 0 Å². The Morgan fingerprint density at radius 3 is 2.40 bits per heavy atom. The van der Waals surface area contributed by atoms with E-state index in [1.807, 2.05) is 36.6 Å². The maximum atomic E-state index is 12.6. The van der Waals surface area contributed by atoms with Crippen molar-refractivity contribution in [2.24, 2.45) is 0 Å². The average molecular weight is 381 g/mol. The van der Waals surface area contributed by atoms with E-state index in [4.69, 9.17) is 0 Å². The van der Waals surface area contributed by atoms with E-state index in [9.17, 15) is 13.2 Å². The fourth-order valence-electron chi connectivity index (χ4n) is 2.87. The van der Waals surface area contributed by atoms with Gasteiger partial charge in [0.15, 0.2) is 0 Å². The third kappa shape index (κ3) is 5.14. The molecule has 1 heterocycles. The van der Waals surface area contributed by atoms with Crippen molar-refractivity contribution in [2.75, 3.05) is 13.6 Å². The largest absolute Gasteiger partial charge is 0.341 e. The van der Waals surface area contributed by atoms with E-state index in [0.29, 0.717) is 22.6 Å². The molecule has 0 atom stereocenters. The van der Waals surface area contributed by atoms with Gasteiger partial charge in [0.2, 0.25) is 15.9 Å². The third-order valence-corrected chi connectivity index (χ3v) is 6.53. The second-order valence-electron chi connectivity index (χ2n) is 6.20. The summed E-state index contributed by atoms with van der Waals surface area (Å²) in [4.78, 5) is 15.2. The molecule has 1 N–H and O–H groups in total. The zero-order valence-electron chi connectivity index (χ0n) is 15.0. The summed E-state index contributed by atoms with van der Waals surface area (Å²) >= 11 is 1.59. The maximum absolute atomic E-state index is 12.6. The Bertz CT molecular complexity index is 820. The van der Waals surface area contributed by atoms with Crippen molar-refractivity contribution in [3.05, 3.63) is 51.2 Å². The standard InChI is InChI=1S/C18H24N2O3S2/c1-13-10-14(2)18(15(3)11-13)25(22,23)19-8-7-17(21)20(4)12-16-6-5-9-24-16/h5-6,9-11,19H,7-8,12H2,1-4H3. The van der Waals surface area contributed by atoms with Crippen LogP contribution in [0, 0.1) is 20.8 Å². The Balaban J connectivity index is 1.95. The number of benzene rings is 1. The predicted octanol–water partition coefficient (Wildman–Crippen LogP) is 3.00. The lowest BCUT2D eigenvalue weighted by molar-refractivity contribution is -0.130. The number of carbonyl (C=O) groups excluding carboxylic acids is 1. The summed E-state index contributed by atoms with van der Waals surface area (Å²) < 4.78 is 27.7. The lowest BCUT2D eigenvalue weighted by Gasteiger charge is -2.17. The summed E-state index contributed by atoms with van der Waals surface area (Å²) in [6, 6.07) is 7.61. The number of aryl methyl sites for hydroxylation is 3. The summed E-state index contributed by atoms with van der Waals surface area (Å²) in [5.41, 5.74) is 2.46. The van der Waals surface area contributed by atoms with E-state index in [1.54, 1.807) is 37.1 Å². The van der Waals surface area contributed by atoms with Gasteiger partial charge in [-0.15, -0.1) is 11.3 Å². The minimum absolute atomic E-state index is 0.0860. The number of thiophene rings is 1. The molecule has 0 aliphatic heterocycles. The molecule has 0 radical (unpaired) electrons. The molecule has 0 saturated heterocycles. The molecule has 7 heteroatoms. The first-order valence-corrected chi connectivity index (χ1v) is 10.4. The molecule has 2 rings (SSSR count). The molecular weight excluding hydrogens is 356 g/mol. The molecule has 0 bridgehead atoms. The third-order valence-electron chi connectivity index (χ3n) is 3.90. The number of hydrogen-bond donors (Lipinski definition) is 1. The van der Waals surface area contributed by atoms with Gasteiger partial charge in [-0.25, -0.2) is 13.1 Å². The molecule has 1 aromatic carbocycles. The SMILES string of the molecule is Cc1cc(C)c(S(=O)(=O)NCCC(=O)N(C)Cc2cccs2)c(C)c1. The number of rotatable bonds is 7. The molecule has 1 amide bonds. The number of nitrogens with zero attached hydrogens (tertiary/aromatic N) is 1. The Labute approximate surface area is 153 Å². The van der Waals surface area contributed by atoms with Gasteiger partial charge in [-0.3, -0.25) is 4.79 Å². The highest BCUT2D eigenvalue weighted by molar-refractivity contribution is 7.89. The molecule has 136 valence electrons. The van der Waals surface area contributed by atoms with Gasteiger partial charge in [-0.05, 0) is 43.3 Å². The molecule has 5 nitrogen and oxygen atoms in total. The van der Waals surface area contributed by atoms with Crippen LogP contribution in [0.1, 0.15) is 28.0 Å². The van der Waals surface area contributed by atoms with Crippen LogP contribution in [0.25, 0.3) is 0 Å². The highest BCUT2D eigenvalue weighted by Crippen LogP contribution is 2.21. The number of hydrogen-bond acceptors (Lipinski definition) is 4. The molecule has 1 aromatic heterocycles. The number of nitrogens with one attached hydrogen (secondary N) is 1. The van der Waals surface area contributed by atoms with Crippen LogP contribution in [0.2, 0.25) is 0 Å². The summed E-state index contributed by atoms with van der Waals surface area (Å²) in [5.74, 6) is -0.0894. The first-order valence-electron chi connectivity index (χ1n) is 8.04. The molecule has 0 aliphatic carbocycles. The first kappa shape index (κ1) is 19.6. The van der Waals surface area contributed by atoms with Crippen LogP contribution < -0.4 is 4.72 Å². The molecule has 2 aromatic rings. The van der Waals surface area contributed by atoms with Crippen LogP contribution in [0.4, 0.5) is 0 Å². The Kier molecular flexibility index (Phi) is 6.37. The van der Waals surface area contributed by atoms with Gasteiger partial charge >= 0.3 is 0 Å². The number of sulfonamides is 1. The molecule has 25 heavy (non-hydrogen) atoms. The van der Waals surface area contributed by atoms with E-state index in [-0.39, 0.29) is 18.9 Å². The first-order chi connectivity index (χ1) is 11.7. The van der Waals surface area contributed by atoms with Gasteiger partial charge in [0.25, 0.3) is 0 Å². The van der Waals surface area contributed by atoms with Gasteiger partial charge in [0.1, 0.15) is 0 Å². The molecule has 0 spiro atoms. The van der Waals surface area contributed by atoms with Gasteiger partial charge in [-0.1, -0.05) is 23.8 Å². The Morgan fingerprint density at radius 2 is 1.84 bits per heavy atom. The van der Waals surface area contributed by atoms with Crippen LogP contribution in [0.5, 0.6) is 0 Å². The zero-order chi connectivity index (χ0) is 18.6. The van der Waals surface area contributed by atoms with Gasteiger partial charge in [0.05, 0.1) is 11.4 Å². The van der Waals surface area contributed by atoms with Gasteiger partial charge < -0.3 is 4.90 Å². The molecular formula is C18H24N2O3S2. The predicted molar refractivity (Wildman–Crippen MR) is 101 cm³/mol. The minimum Gasteiger partial charge on any atom is -0.341 e. The van der Waals surface area contributed by atoms with Crippen LogP contribution in [0.15, 0.2) is 34.5 Å². The van der Waals surface area contributed by atoms with Crippen LogP contribution >= 0.6 is 11.3 Å². The lowest BCUT2D eigenvalue weighted by atomic mass is 10.1. The topological polar surface area (TPSA) is 66.5 Å². The highest BCUT2D eigenvalue weighted by atomic mass is 32.2. The van der Waals surface area contributed by atoms with E-state index >= 15 is 0 Å². The second-order valence-corrected chi connectivity index (χ2v) is 8.94. The summed E-state index contributed by atoms with van der Waals surface area (Å²) in [5, 5.41) is 1.97. The molecule has 0 aliphatic rings. The van der Waals surface area contributed by atoms with Crippen LogP contribution in [-0.2, 0) is 21.4 Å². The van der Waals surface area contributed by atoms with Gasteiger partial charge in [-0.2, -0.15) is 0 Å². The van der Waals surface area contributed by atoms with Crippen molar-refractivity contribution in [3.63, 3.8) is 0 Å². The smallest absolute Gasteiger partial charge is 0.241 e. The maximum Gasteiger partial charge on any atom is 0.241 e. The van der Waals surface area contributed by atoms with Crippen molar-refractivity contribution < 1.29 is 13.2 Å². The quantitative estimate of drug-likeness (QED) is 0.803. The summed E-state index contributed by atoms with van der Waals surface area (Å²) in [7, 11) is -1.90. The molecule has 0 saturated carbocycles. The average Bonchev–Trinajstić information content (AvgIpc) is 2.98. The monoisotopic (exact) mass is 380 g/mol. The van der Waals surface area contributed by atoms with Crippen molar-refractivity contribution in [1.82, 2.24) is 9.62 Å². The molecule has 0 unspecified atom stereocenters. The number of amides is 1. The molecule has 0 fully saturated rings. The van der Waals surface area contributed by atoms with Crippen molar-refractivity contribution >= 4 is 27.3 Å².